The van der Waals surface area contributed by atoms with Crippen molar-refractivity contribution in [3.05, 3.63) is 51.9 Å². The summed E-state index contributed by atoms with van der Waals surface area (Å²) in [5, 5.41) is 3.11. The van der Waals surface area contributed by atoms with Gasteiger partial charge in [0.1, 0.15) is 5.75 Å². The van der Waals surface area contributed by atoms with Crippen molar-refractivity contribution in [1.29, 1.82) is 0 Å². The molecule has 0 atom stereocenters. The van der Waals surface area contributed by atoms with E-state index in [-0.39, 0.29) is 5.56 Å². The standard InChI is InChI=1S/C15H20N2O2/c1-3-14-12(2)16-17(15(14)18)10-7-11-19-13-8-5-4-6-9-13/h4-6,8-9,16H,3,7,10-11H2,1-2H3. The van der Waals surface area contributed by atoms with E-state index in [9.17, 15) is 4.79 Å². The molecule has 0 bridgehead atoms. The summed E-state index contributed by atoms with van der Waals surface area (Å²) in [4.78, 5) is 12.0. The second-order valence-electron chi connectivity index (χ2n) is 4.54. The van der Waals surface area contributed by atoms with E-state index in [0.717, 1.165) is 29.8 Å². The Hall–Kier alpha value is -1.97. The summed E-state index contributed by atoms with van der Waals surface area (Å²) in [7, 11) is 0. The van der Waals surface area contributed by atoms with Gasteiger partial charge in [-0.05, 0) is 25.5 Å². The highest BCUT2D eigenvalue weighted by atomic mass is 16.5. The van der Waals surface area contributed by atoms with Crippen LogP contribution in [0.1, 0.15) is 24.6 Å². The van der Waals surface area contributed by atoms with Crippen LogP contribution >= 0.6 is 0 Å². The number of hydrogen-bond donors (Lipinski definition) is 1. The summed E-state index contributed by atoms with van der Waals surface area (Å²) in [5.74, 6) is 0.867. The third kappa shape index (κ3) is 3.28. The Kier molecular flexibility index (Phi) is 4.44. The normalized spacial score (nSPS) is 10.6. The molecule has 0 aliphatic rings. The number of aromatic amines is 1. The number of hydrogen-bond acceptors (Lipinski definition) is 2. The molecule has 2 rings (SSSR count). The maximum absolute atomic E-state index is 12.0. The lowest BCUT2D eigenvalue weighted by atomic mass is 10.2. The van der Waals surface area contributed by atoms with Crippen molar-refractivity contribution < 1.29 is 4.74 Å². The van der Waals surface area contributed by atoms with E-state index in [0.29, 0.717) is 13.2 Å². The first kappa shape index (κ1) is 13.5. The third-order valence-electron chi connectivity index (χ3n) is 3.15. The van der Waals surface area contributed by atoms with E-state index in [1.54, 1.807) is 4.68 Å². The quantitative estimate of drug-likeness (QED) is 0.811. The van der Waals surface area contributed by atoms with Crippen molar-refractivity contribution in [3.8, 4) is 5.75 Å². The molecule has 0 spiro atoms. The Balaban J connectivity index is 1.85. The molecule has 0 fully saturated rings. The summed E-state index contributed by atoms with van der Waals surface area (Å²) in [6, 6.07) is 9.71. The topological polar surface area (TPSA) is 47.0 Å². The number of rotatable bonds is 6. The highest BCUT2D eigenvalue weighted by molar-refractivity contribution is 5.20. The van der Waals surface area contributed by atoms with Crippen LogP contribution in [0.15, 0.2) is 35.1 Å². The number of para-hydroxylation sites is 1. The Morgan fingerprint density at radius 2 is 2.00 bits per heavy atom. The molecular formula is C15H20N2O2. The molecule has 2 aromatic rings. The number of H-pyrrole nitrogens is 1. The van der Waals surface area contributed by atoms with Crippen LogP contribution < -0.4 is 10.3 Å². The molecule has 1 N–H and O–H groups in total. The second-order valence-corrected chi connectivity index (χ2v) is 4.54. The van der Waals surface area contributed by atoms with Crippen LogP contribution in [0.5, 0.6) is 5.75 Å². The summed E-state index contributed by atoms with van der Waals surface area (Å²) >= 11 is 0. The monoisotopic (exact) mass is 260 g/mol. The zero-order valence-corrected chi connectivity index (χ0v) is 11.5. The molecule has 19 heavy (non-hydrogen) atoms. The van der Waals surface area contributed by atoms with E-state index in [1.165, 1.54) is 0 Å². The number of benzene rings is 1. The Bertz CT molecular complexity index is 570. The van der Waals surface area contributed by atoms with Gasteiger partial charge in [0.15, 0.2) is 0 Å². The molecule has 1 aromatic carbocycles. The van der Waals surface area contributed by atoms with Crippen molar-refractivity contribution in [2.75, 3.05) is 6.61 Å². The van der Waals surface area contributed by atoms with Gasteiger partial charge in [-0.1, -0.05) is 25.1 Å². The van der Waals surface area contributed by atoms with Gasteiger partial charge in [-0.25, -0.2) is 0 Å². The second kappa shape index (κ2) is 6.27. The molecular weight excluding hydrogens is 240 g/mol. The van der Waals surface area contributed by atoms with Gasteiger partial charge in [-0.2, -0.15) is 0 Å². The lowest BCUT2D eigenvalue weighted by molar-refractivity contribution is 0.297. The van der Waals surface area contributed by atoms with Crippen LogP contribution in [0.3, 0.4) is 0 Å². The largest absolute Gasteiger partial charge is 0.494 e. The predicted octanol–water partition coefficient (Wildman–Crippen LogP) is 2.52. The summed E-state index contributed by atoms with van der Waals surface area (Å²) < 4.78 is 7.27. The minimum absolute atomic E-state index is 0.0970. The summed E-state index contributed by atoms with van der Waals surface area (Å²) in [6.07, 6.45) is 1.58. The smallest absolute Gasteiger partial charge is 0.269 e. The number of aryl methyl sites for hydroxylation is 2. The first-order chi connectivity index (χ1) is 9.22. The number of nitrogens with one attached hydrogen (secondary N) is 1. The van der Waals surface area contributed by atoms with E-state index in [1.807, 2.05) is 44.2 Å². The van der Waals surface area contributed by atoms with Crippen LogP contribution in [0.25, 0.3) is 0 Å². The van der Waals surface area contributed by atoms with Gasteiger partial charge in [0, 0.05) is 24.2 Å². The number of aromatic nitrogens is 2. The van der Waals surface area contributed by atoms with Crippen molar-refractivity contribution in [1.82, 2.24) is 9.78 Å². The molecule has 0 unspecified atom stereocenters. The fraction of sp³-hybridized carbons (Fsp3) is 0.400. The Morgan fingerprint density at radius 3 is 2.63 bits per heavy atom. The van der Waals surface area contributed by atoms with Gasteiger partial charge < -0.3 is 4.74 Å². The third-order valence-corrected chi connectivity index (χ3v) is 3.15. The van der Waals surface area contributed by atoms with E-state index in [4.69, 9.17) is 4.74 Å². The number of ether oxygens (including phenoxy) is 1. The molecule has 0 amide bonds. The van der Waals surface area contributed by atoms with Gasteiger partial charge >= 0.3 is 0 Å². The van der Waals surface area contributed by atoms with E-state index >= 15 is 0 Å². The maximum atomic E-state index is 12.0. The minimum Gasteiger partial charge on any atom is -0.494 e. The van der Waals surface area contributed by atoms with E-state index < -0.39 is 0 Å². The molecule has 0 saturated carbocycles. The number of nitrogens with zero attached hydrogens (tertiary/aromatic N) is 1. The molecule has 102 valence electrons. The van der Waals surface area contributed by atoms with Crippen molar-refractivity contribution in [3.63, 3.8) is 0 Å². The average Bonchev–Trinajstić information content (AvgIpc) is 2.70. The van der Waals surface area contributed by atoms with Crippen LogP contribution in [0.4, 0.5) is 0 Å². The van der Waals surface area contributed by atoms with Crippen molar-refractivity contribution in [2.45, 2.75) is 33.2 Å². The van der Waals surface area contributed by atoms with Gasteiger partial charge in [0.25, 0.3) is 5.56 Å². The lowest BCUT2D eigenvalue weighted by Gasteiger charge is -2.05. The van der Waals surface area contributed by atoms with Gasteiger partial charge in [-0.15, -0.1) is 0 Å². The molecule has 4 heteroatoms. The highest BCUT2D eigenvalue weighted by Crippen LogP contribution is 2.08. The van der Waals surface area contributed by atoms with Crippen molar-refractivity contribution in [2.24, 2.45) is 0 Å². The van der Waals surface area contributed by atoms with Crippen LogP contribution in [-0.4, -0.2) is 16.4 Å². The minimum atomic E-state index is 0.0970. The van der Waals surface area contributed by atoms with Crippen LogP contribution in [0.2, 0.25) is 0 Å². The highest BCUT2D eigenvalue weighted by Gasteiger charge is 2.08. The lowest BCUT2D eigenvalue weighted by Crippen LogP contribution is -2.20. The van der Waals surface area contributed by atoms with Gasteiger partial charge in [0.2, 0.25) is 0 Å². The maximum Gasteiger partial charge on any atom is 0.269 e. The molecule has 0 radical (unpaired) electrons. The fourth-order valence-corrected chi connectivity index (χ4v) is 2.15. The summed E-state index contributed by atoms with van der Waals surface area (Å²) in [6.45, 7) is 5.21. The van der Waals surface area contributed by atoms with E-state index in [2.05, 4.69) is 5.10 Å². The van der Waals surface area contributed by atoms with Crippen LogP contribution in [0, 0.1) is 6.92 Å². The first-order valence-electron chi connectivity index (χ1n) is 6.68. The van der Waals surface area contributed by atoms with Crippen molar-refractivity contribution >= 4 is 0 Å². The Labute approximate surface area is 113 Å². The van der Waals surface area contributed by atoms with Crippen LogP contribution in [-0.2, 0) is 13.0 Å². The van der Waals surface area contributed by atoms with Gasteiger partial charge in [0.05, 0.1) is 6.61 Å². The fourth-order valence-electron chi connectivity index (χ4n) is 2.15. The molecule has 0 aliphatic heterocycles. The molecule has 4 nitrogen and oxygen atoms in total. The molecule has 0 aliphatic carbocycles. The van der Waals surface area contributed by atoms with Gasteiger partial charge in [-0.3, -0.25) is 14.6 Å². The zero-order chi connectivity index (χ0) is 13.7. The Morgan fingerprint density at radius 1 is 1.26 bits per heavy atom. The summed E-state index contributed by atoms with van der Waals surface area (Å²) in [5.41, 5.74) is 1.94. The SMILES string of the molecule is CCc1c(C)[nH]n(CCCOc2ccccc2)c1=O. The zero-order valence-electron chi connectivity index (χ0n) is 11.5. The molecule has 0 saturated heterocycles. The molecule has 1 aromatic heterocycles. The molecule has 1 heterocycles. The first-order valence-corrected chi connectivity index (χ1v) is 6.68. The average molecular weight is 260 g/mol. The predicted molar refractivity (Wildman–Crippen MR) is 75.7 cm³/mol.